The number of rotatable bonds is 2. The molecule has 0 aliphatic rings. The van der Waals surface area contributed by atoms with Gasteiger partial charge in [-0.3, -0.25) is 14.8 Å². The first-order valence-corrected chi connectivity index (χ1v) is 7.30. The van der Waals surface area contributed by atoms with Crippen LogP contribution in [0.1, 0.15) is 10.4 Å². The lowest BCUT2D eigenvalue weighted by molar-refractivity contribution is 0.100. The smallest absolute Gasteiger partial charge is 0.251 e. The van der Waals surface area contributed by atoms with Crippen molar-refractivity contribution < 1.29 is 4.79 Å². The molecule has 1 amide bonds. The largest absolute Gasteiger partial charge is 0.366 e. The lowest BCUT2D eigenvalue weighted by atomic mass is 10.0. The molecule has 110 valence electrons. The fourth-order valence-corrected chi connectivity index (χ4v) is 2.85. The highest BCUT2D eigenvalue weighted by atomic mass is 35.5. The van der Waals surface area contributed by atoms with Crippen LogP contribution in [0, 0.1) is 0 Å². The number of halogens is 3. The van der Waals surface area contributed by atoms with Gasteiger partial charge in [0.15, 0.2) is 0 Å². The van der Waals surface area contributed by atoms with Crippen LogP contribution < -0.4 is 5.73 Å². The average Bonchev–Trinajstić information content (AvgIpc) is 2.50. The van der Waals surface area contributed by atoms with Gasteiger partial charge in [-0.05, 0) is 6.07 Å². The average molecular weight is 353 g/mol. The molecule has 0 unspecified atom stereocenters. The van der Waals surface area contributed by atoms with Crippen LogP contribution in [0.3, 0.4) is 0 Å². The van der Waals surface area contributed by atoms with E-state index in [4.69, 9.17) is 40.5 Å². The molecule has 0 atom stereocenters. The van der Waals surface area contributed by atoms with Crippen LogP contribution in [0.15, 0.2) is 36.8 Å². The van der Waals surface area contributed by atoms with Crippen LogP contribution in [0.5, 0.6) is 0 Å². The van der Waals surface area contributed by atoms with Crippen molar-refractivity contribution in [3.8, 4) is 11.1 Å². The summed E-state index contributed by atoms with van der Waals surface area (Å²) in [5.74, 6) is -0.648. The molecule has 2 aromatic heterocycles. The van der Waals surface area contributed by atoms with E-state index in [1.165, 1.54) is 12.4 Å². The molecule has 0 fully saturated rings. The Morgan fingerprint density at radius 3 is 2.50 bits per heavy atom. The summed E-state index contributed by atoms with van der Waals surface area (Å²) < 4.78 is 0. The van der Waals surface area contributed by atoms with Crippen molar-refractivity contribution in [2.75, 3.05) is 0 Å². The molecule has 22 heavy (non-hydrogen) atoms. The topological polar surface area (TPSA) is 68.9 Å². The third-order valence-corrected chi connectivity index (χ3v) is 4.45. The lowest BCUT2D eigenvalue weighted by Gasteiger charge is -2.10. The standard InChI is InChI=1S/C15H8Cl3N3O/c16-11-3-1-2-7(13(11)18)8-4-20-5-9-12(17)10(15(19)22)6-21-14(8)9/h1-6H,(H2,19,22). The molecular formula is C15H8Cl3N3O. The number of aromatic nitrogens is 2. The van der Waals surface area contributed by atoms with Gasteiger partial charge in [-0.1, -0.05) is 46.9 Å². The van der Waals surface area contributed by atoms with Gasteiger partial charge in [0.1, 0.15) is 0 Å². The van der Waals surface area contributed by atoms with Gasteiger partial charge in [-0.15, -0.1) is 0 Å². The van der Waals surface area contributed by atoms with E-state index >= 15 is 0 Å². The van der Waals surface area contributed by atoms with Gasteiger partial charge in [0.05, 0.1) is 26.1 Å². The molecule has 0 aliphatic heterocycles. The summed E-state index contributed by atoms with van der Waals surface area (Å²) in [5, 5.41) is 1.56. The number of hydrogen-bond donors (Lipinski definition) is 1. The Labute approximate surface area is 140 Å². The molecular weight excluding hydrogens is 345 g/mol. The van der Waals surface area contributed by atoms with Crippen molar-refractivity contribution in [2.45, 2.75) is 0 Å². The summed E-state index contributed by atoms with van der Waals surface area (Å²) in [4.78, 5) is 19.8. The van der Waals surface area contributed by atoms with E-state index in [1.54, 1.807) is 18.3 Å². The van der Waals surface area contributed by atoms with Crippen molar-refractivity contribution in [3.63, 3.8) is 0 Å². The third kappa shape index (κ3) is 2.39. The normalized spacial score (nSPS) is 10.9. The van der Waals surface area contributed by atoms with Crippen molar-refractivity contribution in [1.82, 2.24) is 9.97 Å². The Bertz CT molecular complexity index is 912. The van der Waals surface area contributed by atoms with Gasteiger partial charge in [0.2, 0.25) is 0 Å². The van der Waals surface area contributed by atoms with Gasteiger partial charge < -0.3 is 5.73 Å². The predicted molar refractivity (Wildman–Crippen MR) is 88.5 cm³/mol. The highest BCUT2D eigenvalue weighted by Gasteiger charge is 2.16. The molecule has 3 rings (SSSR count). The Morgan fingerprint density at radius 2 is 1.77 bits per heavy atom. The van der Waals surface area contributed by atoms with Crippen molar-refractivity contribution in [3.05, 3.63) is 57.4 Å². The Hall–Kier alpha value is -1.88. The molecule has 0 aliphatic carbocycles. The van der Waals surface area contributed by atoms with Crippen molar-refractivity contribution >= 4 is 51.6 Å². The molecule has 1 aromatic carbocycles. The fraction of sp³-hybridized carbons (Fsp3) is 0. The highest BCUT2D eigenvalue weighted by molar-refractivity contribution is 6.44. The number of nitrogens with two attached hydrogens (primary N) is 1. The summed E-state index contributed by atoms with van der Waals surface area (Å²) in [6, 6.07) is 5.28. The Balaban J connectivity index is 2.35. The maximum absolute atomic E-state index is 11.4. The summed E-state index contributed by atoms with van der Waals surface area (Å²) >= 11 is 18.5. The second-order valence-corrected chi connectivity index (χ2v) is 5.70. The number of amides is 1. The van der Waals surface area contributed by atoms with Crippen LogP contribution in [0.4, 0.5) is 0 Å². The number of nitrogens with zero attached hydrogens (tertiary/aromatic N) is 2. The summed E-state index contributed by atoms with van der Waals surface area (Å²) in [6.07, 6.45) is 4.49. The quantitative estimate of drug-likeness (QED) is 0.745. The van der Waals surface area contributed by atoms with Crippen LogP contribution in [0.25, 0.3) is 22.0 Å². The maximum atomic E-state index is 11.4. The summed E-state index contributed by atoms with van der Waals surface area (Å²) in [6.45, 7) is 0. The first kappa shape index (κ1) is 15.0. The van der Waals surface area contributed by atoms with E-state index in [9.17, 15) is 4.79 Å². The van der Waals surface area contributed by atoms with Crippen molar-refractivity contribution in [1.29, 1.82) is 0 Å². The molecule has 2 N–H and O–H groups in total. The highest BCUT2D eigenvalue weighted by Crippen LogP contribution is 2.37. The summed E-state index contributed by atoms with van der Waals surface area (Å²) in [7, 11) is 0. The molecule has 0 bridgehead atoms. The summed E-state index contributed by atoms with van der Waals surface area (Å²) in [5.41, 5.74) is 7.34. The number of benzene rings is 1. The van der Waals surface area contributed by atoms with Crippen LogP contribution in [-0.2, 0) is 0 Å². The van der Waals surface area contributed by atoms with Crippen molar-refractivity contribution in [2.24, 2.45) is 5.73 Å². The molecule has 0 radical (unpaired) electrons. The predicted octanol–water partition coefficient (Wildman–Crippen LogP) is 4.36. The first-order valence-electron chi connectivity index (χ1n) is 6.17. The molecule has 0 saturated heterocycles. The number of carbonyl (C=O) groups excluding carboxylic acids is 1. The number of hydrogen-bond acceptors (Lipinski definition) is 3. The number of pyridine rings is 2. The van der Waals surface area contributed by atoms with Gasteiger partial charge in [-0.2, -0.15) is 0 Å². The maximum Gasteiger partial charge on any atom is 0.251 e. The monoisotopic (exact) mass is 351 g/mol. The minimum Gasteiger partial charge on any atom is -0.366 e. The van der Waals surface area contributed by atoms with E-state index in [1.807, 2.05) is 6.07 Å². The zero-order valence-corrected chi connectivity index (χ0v) is 13.2. The third-order valence-electron chi connectivity index (χ3n) is 3.22. The first-order chi connectivity index (χ1) is 10.5. The second-order valence-electron chi connectivity index (χ2n) is 4.53. The number of primary amides is 1. The van der Waals surface area contributed by atoms with Gasteiger partial charge in [0.25, 0.3) is 5.91 Å². The second kappa shape index (κ2) is 5.72. The molecule has 2 heterocycles. The Morgan fingerprint density at radius 1 is 1.00 bits per heavy atom. The van der Waals surface area contributed by atoms with Crippen LogP contribution in [0.2, 0.25) is 15.1 Å². The van der Waals surface area contributed by atoms with Crippen LogP contribution in [-0.4, -0.2) is 15.9 Å². The van der Waals surface area contributed by atoms with E-state index in [0.29, 0.717) is 32.1 Å². The van der Waals surface area contributed by atoms with Gasteiger partial charge in [0, 0.05) is 35.1 Å². The zero-order valence-electron chi connectivity index (χ0n) is 11.0. The zero-order chi connectivity index (χ0) is 15.9. The van der Waals surface area contributed by atoms with E-state index in [0.717, 1.165) is 0 Å². The minimum atomic E-state index is -0.648. The lowest BCUT2D eigenvalue weighted by Crippen LogP contribution is -2.12. The molecule has 0 saturated carbocycles. The number of carbonyl (C=O) groups is 1. The Kier molecular flexibility index (Phi) is 3.91. The van der Waals surface area contributed by atoms with Gasteiger partial charge >= 0.3 is 0 Å². The SMILES string of the molecule is NC(=O)c1cnc2c(-c3cccc(Cl)c3Cl)cncc2c1Cl. The van der Waals surface area contributed by atoms with Crippen LogP contribution >= 0.6 is 34.8 Å². The molecule has 3 aromatic rings. The van der Waals surface area contributed by atoms with E-state index < -0.39 is 5.91 Å². The molecule has 4 nitrogen and oxygen atoms in total. The molecule has 0 spiro atoms. The minimum absolute atomic E-state index is 0.144. The van der Waals surface area contributed by atoms with Gasteiger partial charge in [-0.25, -0.2) is 0 Å². The van der Waals surface area contributed by atoms with E-state index in [-0.39, 0.29) is 10.6 Å². The molecule has 7 heteroatoms. The fourth-order valence-electron chi connectivity index (χ4n) is 2.16. The van der Waals surface area contributed by atoms with E-state index in [2.05, 4.69) is 9.97 Å². The number of fused-ring (bicyclic) bond motifs is 1.